The van der Waals surface area contributed by atoms with Crippen LogP contribution in [0.25, 0.3) is 49.4 Å². The summed E-state index contributed by atoms with van der Waals surface area (Å²) in [5.74, 6) is 1.77. The molecular weight excluding hydrogens is 595 g/mol. The fourth-order valence-electron chi connectivity index (χ4n) is 8.21. The number of hydrogen-bond donors (Lipinski definition) is 0. The van der Waals surface area contributed by atoms with Crippen LogP contribution in [0, 0.1) is 0 Å². The third-order valence-corrected chi connectivity index (χ3v) is 10.3. The molecule has 0 amide bonds. The molecule has 0 N–H and O–H groups in total. The minimum absolute atomic E-state index is 0.560. The highest BCUT2D eigenvalue weighted by atomic mass is 16.5. The first-order chi connectivity index (χ1) is 24.3. The van der Waals surface area contributed by atoms with E-state index in [4.69, 9.17) is 4.74 Å². The number of nitrogens with zero attached hydrogens (tertiary/aromatic N) is 1. The molecule has 0 saturated carbocycles. The van der Waals surface area contributed by atoms with Crippen molar-refractivity contribution < 1.29 is 4.74 Å². The molecule has 230 valence electrons. The first kappa shape index (κ1) is 27.7. The quantitative estimate of drug-likeness (QED) is 0.190. The van der Waals surface area contributed by atoms with Crippen molar-refractivity contribution in [2.75, 3.05) is 0 Å². The van der Waals surface area contributed by atoms with Crippen molar-refractivity contribution in [1.82, 2.24) is 4.57 Å². The van der Waals surface area contributed by atoms with Gasteiger partial charge in [0.05, 0.1) is 16.4 Å². The molecule has 0 bridgehead atoms. The van der Waals surface area contributed by atoms with Crippen LogP contribution in [-0.2, 0) is 5.41 Å². The van der Waals surface area contributed by atoms with Crippen molar-refractivity contribution in [3.8, 4) is 28.3 Å². The van der Waals surface area contributed by atoms with Gasteiger partial charge in [0.1, 0.15) is 11.5 Å². The summed E-state index contributed by atoms with van der Waals surface area (Å²) in [5.41, 5.74) is 10.1. The van der Waals surface area contributed by atoms with Gasteiger partial charge in [0, 0.05) is 27.6 Å². The Hall–Kier alpha value is -6.38. The molecule has 0 radical (unpaired) electrons. The molecule has 2 heterocycles. The van der Waals surface area contributed by atoms with Crippen molar-refractivity contribution in [3.05, 3.63) is 210 Å². The van der Waals surface area contributed by atoms with Gasteiger partial charge in [-0.25, -0.2) is 0 Å². The zero-order chi connectivity index (χ0) is 32.4. The van der Waals surface area contributed by atoms with Gasteiger partial charge < -0.3 is 9.30 Å². The van der Waals surface area contributed by atoms with E-state index in [9.17, 15) is 0 Å². The van der Waals surface area contributed by atoms with E-state index in [-0.39, 0.29) is 0 Å². The van der Waals surface area contributed by atoms with Crippen LogP contribution >= 0.6 is 0 Å². The lowest BCUT2D eigenvalue weighted by Gasteiger charge is -2.41. The Labute approximate surface area is 285 Å². The molecule has 0 fully saturated rings. The largest absolute Gasteiger partial charge is 0.457 e. The first-order valence-corrected chi connectivity index (χ1v) is 16.9. The van der Waals surface area contributed by atoms with E-state index in [1.165, 1.54) is 49.3 Å². The summed E-state index contributed by atoms with van der Waals surface area (Å²) in [6.45, 7) is 0. The molecule has 2 nitrogen and oxygen atoms in total. The Morgan fingerprint density at radius 1 is 0.408 bits per heavy atom. The van der Waals surface area contributed by atoms with E-state index in [1.54, 1.807) is 0 Å². The maximum Gasteiger partial charge on any atom is 0.132 e. The van der Waals surface area contributed by atoms with Crippen LogP contribution in [0.5, 0.6) is 11.5 Å². The molecule has 9 aromatic rings. The minimum Gasteiger partial charge on any atom is -0.457 e. The van der Waals surface area contributed by atoms with Crippen LogP contribution in [0.3, 0.4) is 0 Å². The van der Waals surface area contributed by atoms with Crippen molar-refractivity contribution in [2.24, 2.45) is 0 Å². The number of ether oxygens (including phenoxy) is 1. The molecule has 10 rings (SSSR count). The van der Waals surface area contributed by atoms with Crippen LogP contribution in [0.2, 0.25) is 0 Å². The van der Waals surface area contributed by atoms with Gasteiger partial charge in [-0.1, -0.05) is 140 Å². The van der Waals surface area contributed by atoms with Crippen molar-refractivity contribution in [3.63, 3.8) is 0 Å². The molecule has 49 heavy (non-hydrogen) atoms. The van der Waals surface area contributed by atoms with Gasteiger partial charge in [-0.15, -0.1) is 0 Å². The topological polar surface area (TPSA) is 14.2 Å². The van der Waals surface area contributed by atoms with Gasteiger partial charge in [0.25, 0.3) is 0 Å². The molecule has 0 atom stereocenters. The molecule has 2 heteroatoms. The van der Waals surface area contributed by atoms with Crippen molar-refractivity contribution in [1.29, 1.82) is 0 Å². The van der Waals surface area contributed by atoms with E-state index in [0.29, 0.717) is 0 Å². The Kier molecular flexibility index (Phi) is 6.13. The summed E-state index contributed by atoms with van der Waals surface area (Å²) in [5, 5.41) is 5.01. The van der Waals surface area contributed by atoms with Crippen LogP contribution in [-0.4, -0.2) is 4.57 Å². The Balaban J connectivity index is 1.24. The van der Waals surface area contributed by atoms with Crippen molar-refractivity contribution in [2.45, 2.75) is 5.41 Å². The first-order valence-electron chi connectivity index (χ1n) is 16.9. The second kappa shape index (κ2) is 10.8. The highest BCUT2D eigenvalue weighted by molar-refractivity contribution is 6.21. The number of fused-ring (bicyclic) bond motifs is 7. The standard InChI is InChI=1S/C47H31NO/c1-4-14-35(15-5-1)47(36-16-6-2-7-17-36)40-21-11-13-23-44(40)49-45-29-27-34(31-41(45)47)33-25-24-32-26-28-43-46(39(32)30-33)38-20-10-12-22-42(38)48(43)37-18-8-3-9-19-37/h1-31H. The molecule has 0 aliphatic carbocycles. The summed E-state index contributed by atoms with van der Waals surface area (Å²) in [6, 6.07) is 67.8. The van der Waals surface area contributed by atoms with E-state index < -0.39 is 5.41 Å². The number of rotatable bonds is 4. The molecule has 8 aromatic carbocycles. The van der Waals surface area contributed by atoms with E-state index in [0.717, 1.165) is 33.9 Å². The van der Waals surface area contributed by atoms with E-state index in [1.807, 2.05) is 0 Å². The van der Waals surface area contributed by atoms with E-state index >= 15 is 0 Å². The average Bonchev–Trinajstić information content (AvgIpc) is 3.52. The third-order valence-electron chi connectivity index (χ3n) is 10.3. The second-order valence-electron chi connectivity index (χ2n) is 12.9. The lowest BCUT2D eigenvalue weighted by molar-refractivity contribution is 0.434. The Morgan fingerprint density at radius 2 is 1.00 bits per heavy atom. The monoisotopic (exact) mass is 625 g/mol. The number of para-hydroxylation sites is 3. The van der Waals surface area contributed by atoms with Gasteiger partial charge >= 0.3 is 0 Å². The van der Waals surface area contributed by atoms with E-state index in [2.05, 4.69) is 193 Å². The SMILES string of the molecule is c1ccc(-n2c3ccccc3c3c4cc(-c5ccc6c(c5)C(c5ccccc5)(c5ccccc5)c5ccccc5O6)ccc4ccc32)cc1. The minimum atomic E-state index is -0.560. The predicted molar refractivity (Wildman–Crippen MR) is 202 cm³/mol. The van der Waals surface area contributed by atoms with Gasteiger partial charge in [-0.05, 0) is 81.6 Å². The highest BCUT2D eigenvalue weighted by Gasteiger charge is 2.45. The summed E-state index contributed by atoms with van der Waals surface area (Å²) >= 11 is 0. The molecule has 0 saturated heterocycles. The molecular formula is C47H31NO. The fraction of sp³-hybridized carbons (Fsp3) is 0.0213. The smallest absolute Gasteiger partial charge is 0.132 e. The van der Waals surface area contributed by atoms with Gasteiger partial charge in [0.2, 0.25) is 0 Å². The molecule has 1 aliphatic heterocycles. The molecule has 1 aromatic heterocycles. The Bertz CT molecular complexity index is 2630. The lowest BCUT2D eigenvalue weighted by atomic mass is 9.63. The summed E-state index contributed by atoms with van der Waals surface area (Å²) in [7, 11) is 0. The van der Waals surface area contributed by atoms with Gasteiger partial charge in [-0.3, -0.25) is 0 Å². The zero-order valence-electron chi connectivity index (χ0n) is 26.8. The summed E-state index contributed by atoms with van der Waals surface area (Å²) in [4.78, 5) is 0. The number of benzene rings is 8. The number of hydrogen-bond acceptors (Lipinski definition) is 1. The average molecular weight is 626 g/mol. The highest BCUT2D eigenvalue weighted by Crippen LogP contribution is 2.56. The maximum atomic E-state index is 6.68. The van der Waals surface area contributed by atoms with Gasteiger partial charge in [0.15, 0.2) is 0 Å². The van der Waals surface area contributed by atoms with Crippen LogP contribution in [0.4, 0.5) is 0 Å². The van der Waals surface area contributed by atoms with Crippen LogP contribution in [0.15, 0.2) is 188 Å². The molecule has 1 aliphatic rings. The summed E-state index contributed by atoms with van der Waals surface area (Å²) in [6.07, 6.45) is 0. The molecule has 0 unspecified atom stereocenters. The number of aromatic nitrogens is 1. The lowest BCUT2D eigenvalue weighted by Crippen LogP contribution is -2.34. The predicted octanol–water partition coefficient (Wildman–Crippen LogP) is 12.1. The van der Waals surface area contributed by atoms with Crippen LogP contribution in [0.1, 0.15) is 22.3 Å². The summed E-state index contributed by atoms with van der Waals surface area (Å²) < 4.78 is 9.07. The molecule has 0 spiro atoms. The van der Waals surface area contributed by atoms with Crippen molar-refractivity contribution >= 4 is 32.6 Å². The normalized spacial score (nSPS) is 13.2. The maximum absolute atomic E-state index is 6.68. The Morgan fingerprint density at radius 3 is 1.78 bits per heavy atom. The van der Waals surface area contributed by atoms with Crippen LogP contribution < -0.4 is 4.74 Å². The fourth-order valence-corrected chi connectivity index (χ4v) is 8.21. The van der Waals surface area contributed by atoms with Gasteiger partial charge in [-0.2, -0.15) is 0 Å². The third kappa shape index (κ3) is 4.07. The second-order valence-corrected chi connectivity index (χ2v) is 12.9. The zero-order valence-corrected chi connectivity index (χ0v) is 26.8.